The molecule has 2 heterocycles. The summed E-state index contributed by atoms with van der Waals surface area (Å²) >= 11 is 0. The van der Waals surface area contributed by atoms with E-state index in [1.54, 1.807) is 11.9 Å². The van der Waals surface area contributed by atoms with E-state index in [-0.39, 0.29) is 17.9 Å². The molecule has 2 fully saturated rings. The summed E-state index contributed by atoms with van der Waals surface area (Å²) in [6.45, 7) is 3.42. The topological polar surface area (TPSA) is 81.7 Å². The Morgan fingerprint density at radius 3 is 2.78 bits per heavy atom. The third-order valence-corrected chi connectivity index (χ3v) is 3.97. The predicted octanol–water partition coefficient (Wildman–Crippen LogP) is -1.31. The number of carbonyl (C=O) groups excluding carboxylic acids is 2. The van der Waals surface area contributed by atoms with Gasteiger partial charge in [0.15, 0.2) is 0 Å². The van der Waals surface area contributed by atoms with Gasteiger partial charge in [0.25, 0.3) is 0 Å². The normalized spacial score (nSPS) is 35.8. The van der Waals surface area contributed by atoms with Crippen LogP contribution < -0.4 is 10.6 Å². The molecule has 3 N–H and O–H groups in total. The zero-order chi connectivity index (χ0) is 13.3. The molecule has 0 radical (unpaired) electrons. The number of aliphatic hydroxyl groups is 1. The van der Waals surface area contributed by atoms with Gasteiger partial charge in [0.05, 0.1) is 17.6 Å². The Morgan fingerprint density at radius 1 is 1.50 bits per heavy atom. The van der Waals surface area contributed by atoms with Gasteiger partial charge >= 0.3 is 0 Å². The largest absolute Gasteiger partial charge is 0.392 e. The number of likely N-dealkylation sites (tertiary alicyclic amines) is 1. The van der Waals surface area contributed by atoms with Gasteiger partial charge in [-0.15, -0.1) is 0 Å². The quantitative estimate of drug-likeness (QED) is 0.572. The van der Waals surface area contributed by atoms with Crippen LogP contribution in [0.3, 0.4) is 0 Å². The number of aliphatic hydroxyl groups excluding tert-OH is 1. The van der Waals surface area contributed by atoms with Gasteiger partial charge in [-0.2, -0.15) is 0 Å². The van der Waals surface area contributed by atoms with E-state index < -0.39 is 11.5 Å². The lowest BCUT2D eigenvalue weighted by Crippen LogP contribution is -2.45. The molecule has 18 heavy (non-hydrogen) atoms. The van der Waals surface area contributed by atoms with Crippen molar-refractivity contribution in [3.63, 3.8) is 0 Å². The van der Waals surface area contributed by atoms with Gasteiger partial charge in [0.1, 0.15) is 0 Å². The van der Waals surface area contributed by atoms with Gasteiger partial charge in [-0.3, -0.25) is 9.59 Å². The number of nitrogens with one attached hydrogen (secondary N) is 2. The highest BCUT2D eigenvalue weighted by Crippen LogP contribution is 2.30. The third-order valence-electron chi connectivity index (χ3n) is 3.97. The summed E-state index contributed by atoms with van der Waals surface area (Å²) in [5.74, 6) is -0.0172. The summed E-state index contributed by atoms with van der Waals surface area (Å²) in [5, 5.41) is 15.1. The first-order valence-corrected chi connectivity index (χ1v) is 6.39. The van der Waals surface area contributed by atoms with Gasteiger partial charge < -0.3 is 20.6 Å². The zero-order valence-electron chi connectivity index (χ0n) is 10.9. The number of carbonyl (C=O) groups is 2. The van der Waals surface area contributed by atoms with Crippen LogP contribution in [-0.4, -0.2) is 60.6 Å². The molecule has 6 nitrogen and oxygen atoms in total. The second kappa shape index (κ2) is 4.85. The first-order chi connectivity index (χ1) is 8.46. The summed E-state index contributed by atoms with van der Waals surface area (Å²) in [6, 6.07) is -0.299. The molecule has 0 aromatic carbocycles. The van der Waals surface area contributed by atoms with Crippen LogP contribution >= 0.6 is 0 Å². The Hall–Kier alpha value is -1.14. The molecule has 2 aliphatic rings. The van der Waals surface area contributed by atoms with Crippen molar-refractivity contribution in [1.29, 1.82) is 0 Å². The Labute approximate surface area is 107 Å². The first-order valence-electron chi connectivity index (χ1n) is 6.39. The lowest BCUT2D eigenvalue weighted by molar-refractivity contribution is -0.134. The van der Waals surface area contributed by atoms with E-state index >= 15 is 0 Å². The highest BCUT2D eigenvalue weighted by molar-refractivity contribution is 5.86. The van der Waals surface area contributed by atoms with Crippen molar-refractivity contribution < 1.29 is 14.7 Å². The third kappa shape index (κ3) is 2.35. The van der Waals surface area contributed by atoms with Crippen molar-refractivity contribution in [3.8, 4) is 0 Å². The average Bonchev–Trinajstić information content (AvgIpc) is 2.95. The molecular weight excluding hydrogens is 234 g/mol. The first kappa shape index (κ1) is 13.3. The molecular formula is C12H21N3O3. The van der Waals surface area contributed by atoms with E-state index in [9.17, 15) is 14.7 Å². The van der Waals surface area contributed by atoms with Crippen molar-refractivity contribution in [2.45, 2.75) is 31.9 Å². The van der Waals surface area contributed by atoms with Crippen LogP contribution in [0.25, 0.3) is 0 Å². The smallest absolute Gasteiger partial charge is 0.239 e. The number of amides is 2. The van der Waals surface area contributed by atoms with Crippen LogP contribution in [0.2, 0.25) is 0 Å². The summed E-state index contributed by atoms with van der Waals surface area (Å²) in [6.07, 6.45) is 0.714. The van der Waals surface area contributed by atoms with E-state index in [1.807, 2.05) is 6.92 Å². The highest BCUT2D eigenvalue weighted by Gasteiger charge is 2.43. The van der Waals surface area contributed by atoms with Crippen molar-refractivity contribution in [2.75, 3.05) is 26.7 Å². The number of β-amino-alcohol motifs (C(OH)–C–C–N with tert-alkyl or cyclic N) is 1. The second-order valence-corrected chi connectivity index (χ2v) is 5.50. The fourth-order valence-electron chi connectivity index (χ4n) is 2.76. The predicted molar refractivity (Wildman–Crippen MR) is 65.8 cm³/mol. The zero-order valence-corrected chi connectivity index (χ0v) is 10.9. The minimum Gasteiger partial charge on any atom is -0.392 e. The molecule has 3 atom stereocenters. The van der Waals surface area contributed by atoms with Crippen molar-refractivity contribution in [1.82, 2.24) is 15.5 Å². The summed E-state index contributed by atoms with van der Waals surface area (Å²) < 4.78 is 0. The van der Waals surface area contributed by atoms with E-state index in [4.69, 9.17) is 0 Å². The van der Waals surface area contributed by atoms with Crippen LogP contribution in [0.1, 0.15) is 19.8 Å². The van der Waals surface area contributed by atoms with Crippen molar-refractivity contribution >= 4 is 11.8 Å². The fraction of sp³-hybridized carbons (Fsp3) is 0.833. The Bertz CT molecular complexity index is 360. The van der Waals surface area contributed by atoms with Crippen LogP contribution in [-0.2, 0) is 9.59 Å². The number of hydrogen-bond acceptors (Lipinski definition) is 4. The Morgan fingerprint density at radius 2 is 2.22 bits per heavy atom. The molecule has 3 unspecified atom stereocenters. The van der Waals surface area contributed by atoms with Gasteiger partial charge in [0.2, 0.25) is 11.8 Å². The summed E-state index contributed by atoms with van der Waals surface area (Å²) in [7, 11) is 1.62. The molecule has 2 amide bonds. The SMILES string of the molecule is CNC(=O)C1(C)CCN(C(=O)C2CC(O)CN2)C1. The van der Waals surface area contributed by atoms with E-state index in [0.717, 1.165) is 0 Å². The Kier molecular flexibility index (Phi) is 3.59. The monoisotopic (exact) mass is 255 g/mol. The minimum absolute atomic E-state index is 0.000761. The number of rotatable bonds is 2. The van der Waals surface area contributed by atoms with E-state index in [1.165, 1.54) is 0 Å². The van der Waals surface area contributed by atoms with E-state index in [2.05, 4.69) is 10.6 Å². The lowest BCUT2D eigenvalue weighted by Gasteiger charge is -2.24. The molecule has 102 valence electrons. The fourth-order valence-corrected chi connectivity index (χ4v) is 2.76. The van der Waals surface area contributed by atoms with Crippen LogP contribution in [0.4, 0.5) is 0 Å². The van der Waals surface area contributed by atoms with Crippen LogP contribution in [0, 0.1) is 5.41 Å². The van der Waals surface area contributed by atoms with Gasteiger partial charge in [-0.25, -0.2) is 0 Å². The highest BCUT2D eigenvalue weighted by atomic mass is 16.3. The van der Waals surface area contributed by atoms with Crippen molar-refractivity contribution in [3.05, 3.63) is 0 Å². The number of nitrogens with zero attached hydrogens (tertiary/aromatic N) is 1. The Balaban J connectivity index is 1.96. The van der Waals surface area contributed by atoms with Gasteiger partial charge in [-0.05, 0) is 19.8 Å². The van der Waals surface area contributed by atoms with Crippen LogP contribution in [0.15, 0.2) is 0 Å². The minimum atomic E-state index is -0.484. The van der Waals surface area contributed by atoms with Gasteiger partial charge in [-0.1, -0.05) is 0 Å². The standard InChI is InChI=1S/C12H21N3O3/c1-12(11(18)13-2)3-4-15(7-12)10(17)9-5-8(16)6-14-9/h8-9,14,16H,3-7H2,1-2H3,(H,13,18). The average molecular weight is 255 g/mol. The molecule has 6 heteroatoms. The molecule has 0 aromatic rings. The van der Waals surface area contributed by atoms with Crippen LogP contribution in [0.5, 0.6) is 0 Å². The molecule has 0 saturated carbocycles. The van der Waals surface area contributed by atoms with Gasteiger partial charge in [0, 0.05) is 26.7 Å². The maximum absolute atomic E-state index is 12.2. The number of hydrogen-bond donors (Lipinski definition) is 3. The molecule has 2 saturated heterocycles. The summed E-state index contributed by atoms with van der Waals surface area (Å²) in [5.41, 5.74) is -0.484. The molecule has 0 aliphatic carbocycles. The lowest BCUT2D eigenvalue weighted by atomic mass is 9.89. The van der Waals surface area contributed by atoms with Crippen molar-refractivity contribution in [2.24, 2.45) is 5.41 Å². The second-order valence-electron chi connectivity index (χ2n) is 5.50. The maximum Gasteiger partial charge on any atom is 0.239 e. The molecule has 0 spiro atoms. The molecule has 0 bridgehead atoms. The maximum atomic E-state index is 12.2. The summed E-state index contributed by atoms with van der Waals surface area (Å²) in [4.78, 5) is 25.7. The molecule has 0 aromatic heterocycles. The van der Waals surface area contributed by atoms with E-state index in [0.29, 0.717) is 32.5 Å². The molecule has 2 rings (SSSR count). The molecule has 2 aliphatic heterocycles.